The summed E-state index contributed by atoms with van der Waals surface area (Å²) in [7, 11) is 0. The third-order valence-electron chi connectivity index (χ3n) is 7.06. The van der Waals surface area contributed by atoms with Crippen molar-refractivity contribution in [2.45, 2.75) is 89.8 Å². The fourth-order valence-electron chi connectivity index (χ4n) is 5.24. The van der Waals surface area contributed by atoms with Crippen LogP contribution in [0.4, 0.5) is 4.79 Å². The average molecular weight is 646 g/mol. The molecule has 0 saturated heterocycles. The Morgan fingerprint density at radius 3 is 1.53 bits per heavy atom. The highest BCUT2D eigenvalue weighted by Gasteiger charge is 2.39. The average Bonchev–Trinajstić information content (AvgIpc) is 3.01. The second-order valence-corrected chi connectivity index (χ2v) is 13.2. The molecule has 252 valence electrons. The first-order chi connectivity index (χ1) is 22.1. The van der Waals surface area contributed by atoms with Crippen molar-refractivity contribution in [1.82, 2.24) is 21.4 Å². The Labute approximate surface area is 276 Å². The Kier molecular flexibility index (Phi) is 12.3. The third kappa shape index (κ3) is 10.4. The Hall–Kier alpha value is -4.74. The maximum Gasteiger partial charge on any atom is 0.331 e. The number of hydrogen-bond acceptors (Lipinski definition) is 7. The lowest BCUT2D eigenvalue weighted by atomic mass is 9.77. The van der Waals surface area contributed by atoms with Crippen LogP contribution in [0.15, 0.2) is 91.0 Å². The molecule has 4 amide bonds. The second kappa shape index (κ2) is 15.7. The molecule has 0 bridgehead atoms. The van der Waals surface area contributed by atoms with Gasteiger partial charge in [0.1, 0.15) is 17.2 Å². The van der Waals surface area contributed by atoms with Gasteiger partial charge in [0.05, 0.1) is 18.1 Å². The molecule has 0 radical (unpaired) electrons. The predicted octanol–water partition coefficient (Wildman–Crippen LogP) is 4.06. The van der Waals surface area contributed by atoms with Crippen molar-refractivity contribution in [2.24, 2.45) is 5.84 Å². The highest BCUT2D eigenvalue weighted by molar-refractivity contribution is 5.93. The number of rotatable bonds is 12. The van der Waals surface area contributed by atoms with E-state index < -0.39 is 65.2 Å². The summed E-state index contributed by atoms with van der Waals surface area (Å²) in [6.07, 6.45) is -1.28. The van der Waals surface area contributed by atoms with E-state index in [1.54, 1.807) is 27.7 Å². The number of nitrogens with one attached hydrogen (secondary N) is 4. The molecule has 0 aromatic heterocycles. The van der Waals surface area contributed by atoms with Gasteiger partial charge in [-0.25, -0.2) is 15.4 Å². The minimum Gasteiger partial charge on any atom is -0.458 e. The van der Waals surface area contributed by atoms with Gasteiger partial charge < -0.3 is 25.4 Å². The Morgan fingerprint density at radius 1 is 0.702 bits per heavy atom. The van der Waals surface area contributed by atoms with Crippen molar-refractivity contribution in [3.8, 4) is 0 Å². The van der Waals surface area contributed by atoms with Crippen molar-refractivity contribution >= 4 is 23.8 Å². The van der Waals surface area contributed by atoms with E-state index in [-0.39, 0.29) is 0 Å². The van der Waals surface area contributed by atoms with E-state index in [2.05, 4.69) is 16.0 Å². The van der Waals surface area contributed by atoms with E-state index in [9.17, 15) is 19.2 Å². The minimum atomic E-state index is -1.40. The Morgan fingerprint density at radius 2 is 1.15 bits per heavy atom. The van der Waals surface area contributed by atoms with Crippen LogP contribution in [0, 0.1) is 0 Å². The van der Waals surface area contributed by atoms with Crippen molar-refractivity contribution in [3.05, 3.63) is 108 Å². The van der Waals surface area contributed by atoms with Crippen molar-refractivity contribution in [2.75, 3.05) is 0 Å². The molecule has 3 atom stereocenters. The van der Waals surface area contributed by atoms with Gasteiger partial charge in [-0.15, -0.1) is 0 Å². The number of hydrazine groups is 1. The van der Waals surface area contributed by atoms with Crippen LogP contribution >= 0.6 is 0 Å². The lowest BCUT2D eigenvalue weighted by Gasteiger charge is -2.37. The summed E-state index contributed by atoms with van der Waals surface area (Å²) in [4.78, 5) is 53.3. The maximum atomic E-state index is 13.9. The van der Waals surface area contributed by atoms with E-state index >= 15 is 0 Å². The molecule has 47 heavy (non-hydrogen) atoms. The van der Waals surface area contributed by atoms with Crippen LogP contribution < -0.4 is 27.2 Å². The smallest absolute Gasteiger partial charge is 0.331 e. The van der Waals surface area contributed by atoms with Crippen molar-refractivity contribution in [3.63, 3.8) is 0 Å². The van der Waals surface area contributed by atoms with E-state index in [1.165, 1.54) is 0 Å². The quantitative estimate of drug-likeness (QED) is 0.0653. The Bertz CT molecular complexity index is 1390. The van der Waals surface area contributed by atoms with E-state index in [1.807, 2.05) is 117 Å². The molecule has 0 heterocycles. The van der Waals surface area contributed by atoms with Crippen molar-refractivity contribution in [1.29, 1.82) is 0 Å². The number of nitrogens with two attached hydrogens (primary N) is 1. The first kappa shape index (κ1) is 36.7. The summed E-state index contributed by atoms with van der Waals surface area (Å²) < 4.78 is 11.5. The molecule has 0 unspecified atom stereocenters. The van der Waals surface area contributed by atoms with Gasteiger partial charge in [0.15, 0.2) is 6.04 Å². The molecular formula is C36H47N5O6. The predicted molar refractivity (Wildman–Crippen MR) is 180 cm³/mol. The van der Waals surface area contributed by atoms with Crippen molar-refractivity contribution < 1.29 is 28.7 Å². The highest BCUT2D eigenvalue weighted by atomic mass is 16.6. The lowest BCUT2D eigenvalue weighted by molar-refractivity contribution is -0.164. The molecule has 3 aromatic carbocycles. The largest absolute Gasteiger partial charge is 0.458 e. The van der Waals surface area contributed by atoms with Gasteiger partial charge in [-0.05, 0) is 65.2 Å². The molecule has 0 aliphatic carbocycles. The number of esters is 1. The number of carbonyl (C=O) groups excluding carboxylic acids is 4. The molecule has 0 saturated carbocycles. The molecule has 3 aromatic rings. The summed E-state index contributed by atoms with van der Waals surface area (Å²) in [6.45, 7) is 12.2. The number of amides is 4. The van der Waals surface area contributed by atoms with Crippen LogP contribution in [-0.2, 0) is 29.4 Å². The van der Waals surface area contributed by atoms with Crippen LogP contribution in [-0.4, -0.2) is 53.2 Å². The first-order valence-corrected chi connectivity index (χ1v) is 15.5. The third-order valence-corrected chi connectivity index (χ3v) is 7.06. The number of ether oxygens (including phenoxy) is 2. The van der Waals surface area contributed by atoms with E-state index in [4.69, 9.17) is 15.3 Å². The molecule has 11 heteroatoms. The zero-order valence-corrected chi connectivity index (χ0v) is 28.1. The Balaban J connectivity index is 1.92. The zero-order chi connectivity index (χ0) is 34.8. The van der Waals surface area contributed by atoms with Gasteiger partial charge in [-0.1, -0.05) is 91.0 Å². The van der Waals surface area contributed by atoms with Gasteiger partial charge in [-0.2, -0.15) is 0 Å². The van der Waals surface area contributed by atoms with Crippen LogP contribution in [0.25, 0.3) is 0 Å². The van der Waals surface area contributed by atoms with Gasteiger partial charge in [0.25, 0.3) is 5.91 Å². The highest BCUT2D eigenvalue weighted by Crippen LogP contribution is 2.37. The van der Waals surface area contributed by atoms with E-state index in [0.29, 0.717) is 0 Å². The van der Waals surface area contributed by atoms with Crippen LogP contribution in [0.5, 0.6) is 0 Å². The summed E-state index contributed by atoms with van der Waals surface area (Å²) in [5, 5.41) is 8.24. The zero-order valence-electron chi connectivity index (χ0n) is 28.1. The lowest BCUT2D eigenvalue weighted by Crippen LogP contribution is -2.59. The molecule has 11 nitrogen and oxygen atoms in total. The number of benzene rings is 3. The standard InChI is InChI=1S/C36H47N5O6/c1-24(46-34(2,3)4)30(32(44)47-35(5,6)7)39-33(45)38-28(31(43)41-37)23-29(42)40-36(25-17-11-8-12-18-25,26-19-13-9-14-20-26)27-21-15-10-16-22-27/h8-22,24,28,30H,23,37H2,1-7H3,(H,40,42)(H,41,43)(H2,38,39,45)/t24-,28-,30-/m0/s1. The molecule has 0 aliphatic rings. The molecule has 0 fully saturated rings. The van der Waals surface area contributed by atoms with Gasteiger partial charge in [0, 0.05) is 0 Å². The fourth-order valence-corrected chi connectivity index (χ4v) is 5.24. The monoisotopic (exact) mass is 645 g/mol. The fraction of sp³-hybridized carbons (Fsp3) is 0.389. The van der Waals surface area contributed by atoms with Gasteiger partial charge in [0.2, 0.25) is 5.91 Å². The number of hydrogen-bond donors (Lipinski definition) is 5. The summed E-state index contributed by atoms with van der Waals surface area (Å²) in [5.41, 5.74) is 1.74. The van der Waals surface area contributed by atoms with E-state index in [0.717, 1.165) is 16.7 Å². The minimum absolute atomic E-state index is 0.476. The second-order valence-electron chi connectivity index (χ2n) is 13.2. The summed E-state index contributed by atoms with van der Waals surface area (Å²) in [6, 6.07) is 24.9. The first-order valence-electron chi connectivity index (χ1n) is 15.5. The number of carbonyl (C=O) groups is 4. The summed E-state index contributed by atoms with van der Waals surface area (Å²) >= 11 is 0. The molecule has 3 rings (SSSR count). The van der Waals surface area contributed by atoms with Crippen LogP contribution in [0.1, 0.15) is 71.6 Å². The van der Waals surface area contributed by atoms with Gasteiger partial charge in [-0.3, -0.25) is 15.0 Å². The maximum absolute atomic E-state index is 13.9. The molecule has 0 spiro atoms. The molecular weight excluding hydrogens is 598 g/mol. The van der Waals surface area contributed by atoms with Gasteiger partial charge >= 0.3 is 12.0 Å². The van der Waals surface area contributed by atoms with Crippen LogP contribution in [0.3, 0.4) is 0 Å². The molecule has 0 aliphatic heterocycles. The molecule has 6 N–H and O–H groups in total. The topological polar surface area (TPSA) is 161 Å². The summed E-state index contributed by atoms with van der Waals surface area (Å²) in [5.74, 6) is 3.38. The normalized spacial score (nSPS) is 13.8. The SMILES string of the molecule is C[C@H](OC(C)(C)C)[C@H](NC(=O)N[C@@H](CC(=O)NC(c1ccccc1)(c1ccccc1)c1ccccc1)C(=O)NN)C(=O)OC(C)(C)C. The number of urea groups is 1. The van der Waals surface area contributed by atoms with Crippen LogP contribution in [0.2, 0.25) is 0 Å².